The predicted octanol–water partition coefficient (Wildman–Crippen LogP) is 2.25. The lowest BCUT2D eigenvalue weighted by Crippen LogP contribution is -2.24. The van der Waals surface area contributed by atoms with E-state index in [1.165, 1.54) is 6.42 Å². The Morgan fingerprint density at radius 1 is 1.21 bits per heavy atom. The molecule has 1 fully saturated rings. The highest BCUT2D eigenvalue weighted by atomic mass is 32.2. The van der Waals surface area contributed by atoms with Gasteiger partial charge in [0.05, 0.1) is 30.4 Å². The minimum absolute atomic E-state index is 0.185. The lowest BCUT2D eigenvalue weighted by atomic mass is 9.91. The van der Waals surface area contributed by atoms with Gasteiger partial charge in [0.1, 0.15) is 0 Å². The van der Waals surface area contributed by atoms with Crippen LogP contribution in [0, 0.1) is 5.92 Å². The van der Waals surface area contributed by atoms with E-state index in [9.17, 15) is 8.42 Å². The molecule has 0 saturated heterocycles. The summed E-state index contributed by atoms with van der Waals surface area (Å²) in [5.41, 5.74) is 2.00. The van der Waals surface area contributed by atoms with Crippen molar-refractivity contribution in [2.75, 3.05) is 26.5 Å². The summed E-state index contributed by atoms with van der Waals surface area (Å²) in [6, 6.07) is 0. The van der Waals surface area contributed by atoms with E-state index in [1.807, 2.05) is 31.1 Å². The van der Waals surface area contributed by atoms with E-state index in [0.29, 0.717) is 19.7 Å². The fourth-order valence-electron chi connectivity index (χ4n) is 4.12. The fourth-order valence-corrected chi connectivity index (χ4v) is 5.99. The van der Waals surface area contributed by atoms with Gasteiger partial charge in [-0.05, 0) is 25.8 Å². The Bertz CT molecular complexity index is 884. The van der Waals surface area contributed by atoms with E-state index in [-0.39, 0.29) is 16.8 Å². The van der Waals surface area contributed by atoms with E-state index in [2.05, 4.69) is 15.0 Å². The third-order valence-corrected chi connectivity index (χ3v) is 7.31. The lowest BCUT2D eigenvalue weighted by Gasteiger charge is -2.22. The molecule has 162 valence electrons. The van der Waals surface area contributed by atoms with Crippen molar-refractivity contribution in [2.45, 2.75) is 56.9 Å². The predicted molar refractivity (Wildman–Crippen MR) is 111 cm³/mol. The number of hydrogen-bond donors (Lipinski definition) is 0. The maximum Gasteiger partial charge on any atom is 0.227 e. The van der Waals surface area contributed by atoms with Gasteiger partial charge in [0, 0.05) is 45.6 Å². The van der Waals surface area contributed by atoms with Crippen LogP contribution in [0.5, 0.6) is 0 Å². The Kier molecular flexibility index (Phi) is 7.48. The first-order valence-corrected chi connectivity index (χ1v) is 12.0. The Labute approximate surface area is 173 Å². The lowest BCUT2D eigenvalue weighted by molar-refractivity contribution is 0.182. The van der Waals surface area contributed by atoms with Crippen LogP contribution in [0.2, 0.25) is 0 Å². The number of methoxy groups -OCH3 is 1. The Morgan fingerprint density at radius 3 is 2.62 bits per heavy atom. The number of aryl methyl sites for hydroxylation is 1. The summed E-state index contributed by atoms with van der Waals surface area (Å²) >= 11 is 0. The molecule has 8 nitrogen and oxygen atoms in total. The highest BCUT2D eigenvalue weighted by molar-refractivity contribution is 7.91. The van der Waals surface area contributed by atoms with Gasteiger partial charge < -0.3 is 9.30 Å². The van der Waals surface area contributed by atoms with Crippen LogP contribution in [-0.4, -0.2) is 59.2 Å². The maximum atomic E-state index is 13.1. The summed E-state index contributed by atoms with van der Waals surface area (Å²) in [4.78, 5) is 6.48. The number of rotatable bonds is 10. The summed E-state index contributed by atoms with van der Waals surface area (Å²) in [6.07, 6.45) is 11.0. The topological polar surface area (TPSA) is 82.2 Å². The normalized spacial score (nSPS) is 16.0. The monoisotopic (exact) mass is 423 g/mol. The molecular weight excluding hydrogens is 390 g/mol. The van der Waals surface area contributed by atoms with Crippen molar-refractivity contribution in [1.82, 2.24) is 24.2 Å². The summed E-state index contributed by atoms with van der Waals surface area (Å²) < 4.78 is 35.1. The molecule has 29 heavy (non-hydrogen) atoms. The molecule has 0 aliphatic heterocycles. The largest absolute Gasteiger partial charge is 0.383 e. The average molecular weight is 424 g/mol. The number of hydrogen-bond acceptors (Lipinski definition) is 6. The molecule has 1 aliphatic rings. The van der Waals surface area contributed by atoms with Gasteiger partial charge in [-0.25, -0.2) is 13.4 Å². The third kappa shape index (κ3) is 5.90. The molecular formula is C20H33N5O3S. The first-order chi connectivity index (χ1) is 13.9. The van der Waals surface area contributed by atoms with Gasteiger partial charge in [-0.15, -0.1) is 0 Å². The van der Waals surface area contributed by atoms with Gasteiger partial charge >= 0.3 is 0 Å². The van der Waals surface area contributed by atoms with Crippen molar-refractivity contribution in [2.24, 2.45) is 13.0 Å². The van der Waals surface area contributed by atoms with Crippen LogP contribution in [0.25, 0.3) is 0 Å². The summed E-state index contributed by atoms with van der Waals surface area (Å²) in [5, 5.41) is 4.39. The highest BCUT2D eigenvalue weighted by Gasteiger charge is 2.28. The number of aromatic nitrogens is 4. The molecule has 0 amide bonds. The van der Waals surface area contributed by atoms with Crippen LogP contribution < -0.4 is 0 Å². The van der Waals surface area contributed by atoms with Crippen LogP contribution >= 0.6 is 0 Å². The zero-order valence-electron chi connectivity index (χ0n) is 17.7. The highest BCUT2D eigenvalue weighted by Crippen LogP contribution is 2.27. The molecule has 0 aromatic carbocycles. The van der Waals surface area contributed by atoms with Crippen LogP contribution in [0.4, 0.5) is 0 Å². The first kappa shape index (κ1) is 22.0. The van der Waals surface area contributed by atoms with Crippen LogP contribution in [0.15, 0.2) is 23.7 Å². The summed E-state index contributed by atoms with van der Waals surface area (Å²) in [7, 11) is 2.11. The molecule has 1 saturated carbocycles. The van der Waals surface area contributed by atoms with Gasteiger partial charge in [0.2, 0.25) is 15.0 Å². The van der Waals surface area contributed by atoms with Crippen LogP contribution in [0.3, 0.4) is 0 Å². The molecule has 0 atom stereocenters. The third-order valence-electron chi connectivity index (χ3n) is 5.52. The van der Waals surface area contributed by atoms with Crippen molar-refractivity contribution < 1.29 is 13.2 Å². The van der Waals surface area contributed by atoms with Crippen molar-refractivity contribution >= 4 is 9.84 Å². The molecule has 0 N–H and O–H groups in total. The SMILES string of the molecule is COCCn1c(CN(C)Cc2cnn(C)c2)cnc1S(=O)(=O)CC1CCCCC1. The van der Waals surface area contributed by atoms with Gasteiger partial charge in [0.25, 0.3) is 0 Å². The van der Waals surface area contributed by atoms with Gasteiger partial charge in [-0.3, -0.25) is 9.58 Å². The molecule has 0 unspecified atom stereocenters. The maximum absolute atomic E-state index is 13.1. The molecule has 2 aromatic heterocycles. The number of sulfone groups is 1. The second-order valence-corrected chi connectivity index (χ2v) is 10.1. The zero-order valence-corrected chi connectivity index (χ0v) is 18.6. The molecule has 3 rings (SSSR count). The number of ether oxygens (including phenoxy) is 1. The Morgan fingerprint density at radius 2 is 1.97 bits per heavy atom. The number of nitrogens with zero attached hydrogens (tertiary/aromatic N) is 5. The smallest absolute Gasteiger partial charge is 0.227 e. The van der Waals surface area contributed by atoms with Crippen molar-refractivity contribution in [3.8, 4) is 0 Å². The van der Waals surface area contributed by atoms with E-state index in [0.717, 1.165) is 43.5 Å². The second-order valence-electron chi connectivity index (χ2n) is 8.16. The average Bonchev–Trinajstić information content (AvgIpc) is 3.26. The Hall–Kier alpha value is -1.71. The molecule has 2 heterocycles. The molecule has 1 aliphatic carbocycles. The van der Waals surface area contributed by atoms with Gasteiger partial charge in [-0.2, -0.15) is 5.10 Å². The molecule has 2 aromatic rings. The molecule has 0 spiro atoms. The second kappa shape index (κ2) is 9.86. The molecule has 9 heteroatoms. The van der Waals surface area contributed by atoms with E-state index in [1.54, 1.807) is 18.0 Å². The summed E-state index contributed by atoms with van der Waals surface area (Å²) in [6.45, 7) is 2.26. The fraction of sp³-hybridized carbons (Fsp3) is 0.700. The van der Waals surface area contributed by atoms with Gasteiger partial charge in [-0.1, -0.05) is 19.3 Å². The van der Waals surface area contributed by atoms with Crippen LogP contribution in [-0.2, 0) is 41.3 Å². The van der Waals surface area contributed by atoms with Crippen molar-refractivity contribution in [3.63, 3.8) is 0 Å². The molecule has 0 bridgehead atoms. The van der Waals surface area contributed by atoms with Gasteiger partial charge in [0.15, 0.2) is 0 Å². The van der Waals surface area contributed by atoms with Crippen LogP contribution in [0.1, 0.15) is 43.4 Å². The minimum atomic E-state index is -3.43. The minimum Gasteiger partial charge on any atom is -0.383 e. The summed E-state index contributed by atoms with van der Waals surface area (Å²) in [5.74, 6) is 0.445. The Balaban J connectivity index is 1.76. The quantitative estimate of drug-likeness (QED) is 0.583. The molecule has 0 radical (unpaired) electrons. The first-order valence-electron chi connectivity index (χ1n) is 10.3. The van der Waals surface area contributed by atoms with E-state index < -0.39 is 9.84 Å². The van der Waals surface area contributed by atoms with E-state index >= 15 is 0 Å². The van der Waals surface area contributed by atoms with E-state index in [4.69, 9.17) is 4.74 Å². The van der Waals surface area contributed by atoms with Crippen molar-refractivity contribution in [1.29, 1.82) is 0 Å². The number of imidazole rings is 1. The van der Waals surface area contributed by atoms with Crippen molar-refractivity contribution in [3.05, 3.63) is 29.8 Å². The standard InChI is InChI=1S/C20H33N5O3S/c1-23(13-18-11-22-24(2)14-18)15-19-12-21-20(25(19)9-10-28-3)29(26,27)16-17-7-5-4-6-8-17/h11-12,14,17H,4-10,13,15-16H2,1-3H3. The zero-order chi connectivity index (χ0) is 20.9.